The number of carbonyl (C=O) groups excluding carboxylic acids is 1. The van der Waals surface area contributed by atoms with Crippen LogP contribution in [0.5, 0.6) is 0 Å². The van der Waals surface area contributed by atoms with Crippen molar-refractivity contribution in [2.24, 2.45) is 0 Å². The van der Waals surface area contributed by atoms with Gasteiger partial charge in [0.15, 0.2) is 0 Å². The van der Waals surface area contributed by atoms with E-state index in [0.29, 0.717) is 37.2 Å². The number of rotatable bonds is 5. The molecule has 0 radical (unpaired) electrons. The summed E-state index contributed by atoms with van der Waals surface area (Å²) < 4.78 is 5.61. The number of ether oxygens (including phenoxy) is 1. The molecule has 7 nitrogen and oxygen atoms in total. The average molecular weight is 564 g/mol. The average Bonchev–Trinajstić information content (AvgIpc) is 2.86. The number of unbranched alkanes of at least 4 members (excludes halogenated alkanes) is 1. The molecule has 10 heteroatoms. The number of hydrogen-bond acceptors (Lipinski definition) is 7. The van der Waals surface area contributed by atoms with E-state index in [0.717, 1.165) is 45.6 Å². The minimum atomic E-state index is -0.0639. The maximum absolute atomic E-state index is 12.0. The standard InChI is InChI=1S/C24H47N5O2.2ClH.Mn/c1-2-3-12-24(30)31-18-19-17-29-23-11-7-6-10-22(23)28-16-15-27-21-9-5-4-8-20(21)26-14-13-25-19;;;/h19-23,25-29H,2-18H2,1H3;2*1H;/q;;;+2/p-2/t19-,20+,21+,22+,23+;;;/m0.../s1. The molecule has 3 rings (SSSR count). The zero-order valence-corrected chi connectivity index (χ0v) is 23.6. The van der Waals surface area contributed by atoms with Crippen molar-refractivity contribution >= 4 is 26.2 Å². The summed E-state index contributed by atoms with van der Waals surface area (Å²) >= 11 is 0.00694. The normalized spacial score (nSPS) is 31.4. The molecule has 2 aliphatic carbocycles. The van der Waals surface area contributed by atoms with E-state index in [9.17, 15) is 4.79 Å². The van der Waals surface area contributed by atoms with Gasteiger partial charge >= 0.3 is 39.3 Å². The van der Waals surface area contributed by atoms with Crippen LogP contribution in [0.15, 0.2) is 0 Å². The van der Waals surface area contributed by atoms with Crippen molar-refractivity contribution in [3.05, 3.63) is 0 Å². The Hall–Kier alpha value is 0.369. The first kappa shape index (κ1) is 30.6. The zero-order valence-electron chi connectivity index (χ0n) is 20.9. The number of halogens is 2. The van der Waals surface area contributed by atoms with E-state index < -0.39 is 0 Å². The Morgan fingerprint density at radius 1 is 0.794 bits per heavy atom. The van der Waals surface area contributed by atoms with Crippen molar-refractivity contribution < 1.29 is 22.7 Å². The molecule has 5 atom stereocenters. The Morgan fingerprint density at radius 3 is 1.71 bits per heavy atom. The number of carbonyl (C=O) groups is 1. The minimum absolute atomic E-state index is 0.00694. The molecule has 34 heavy (non-hydrogen) atoms. The van der Waals surface area contributed by atoms with Crippen LogP contribution in [0, 0.1) is 0 Å². The van der Waals surface area contributed by atoms with Crippen LogP contribution in [0.4, 0.5) is 0 Å². The van der Waals surface area contributed by atoms with Crippen molar-refractivity contribution in [3.63, 3.8) is 0 Å². The van der Waals surface area contributed by atoms with E-state index in [2.05, 4.69) is 33.5 Å². The molecular weight excluding hydrogens is 516 g/mol. The molecule has 0 bridgehead atoms. The van der Waals surface area contributed by atoms with E-state index in [1.54, 1.807) is 0 Å². The number of hydrogen-bond donors (Lipinski definition) is 5. The molecule has 1 heterocycles. The van der Waals surface area contributed by atoms with E-state index in [1.807, 2.05) is 0 Å². The van der Waals surface area contributed by atoms with Crippen molar-refractivity contribution in [2.45, 2.75) is 108 Å². The summed E-state index contributed by atoms with van der Waals surface area (Å²) in [6, 6.07) is 2.33. The van der Waals surface area contributed by atoms with Crippen molar-refractivity contribution in [2.75, 3.05) is 39.3 Å². The van der Waals surface area contributed by atoms with Gasteiger partial charge < -0.3 is 31.3 Å². The second-order valence-corrected chi connectivity index (χ2v) is 11.7. The molecule has 3 fully saturated rings. The van der Waals surface area contributed by atoms with Gasteiger partial charge in [-0.25, -0.2) is 0 Å². The summed E-state index contributed by atoms with van der Waals surface area (Å²) in [6.07, 6.45) is 12.7. The molecule has 2 saturated carbocycles. The van der Waals surface area contributed by atoms with E-state index in [-0.39, 0.29) is 25.1 Å². The first-order chi connectivity index (χ1) is 16.7. The van der Waals surface area contributed by atoms with Gasteiger partial charge in [0, 0.05) is 63.3 Å². The van der Waals surface area contributed by atoms with Crippen LogP contribution in [0.3, 0.4) is 0 Å². The summed E-state index contributed by atoms with van der Waals surface area (Å²) in [5, 5.41) is 18.9. The first-order valence-electron chi connectivity index (χ1n) is 13.4. The summed E-state index contributed by atoms with van der Waals surface area (Å²) in [7, 11) is 9.59. The summed E-state index contributed by atoms with van der Waals surface area (Å²) in [5.74, 6) is -0.0639. The van der Waals surface area contributed by atoms with Crippen LogP contribution < -0.4 is 26.6 Å². The van der Waals surface area contributed by atoms with Crippen LogP contribution in [0.25, 0.3) is 0 Å². The van der Waals surface area contributed by atoms with Gasteiger partial charge in [-0.1, -0.05) is 39.0 Å². The molecule has 3 aliphatic rings. The molecule has 0 spiro atoms. The Bertz CT molecular complexity index is 538. The number of nitrogens with one attached hydrogen (secondary N) is 5. The molecule has 5 N–H and O–H groups in total. The Labute approximate surface area is 221 Å². The van der Waals surface area contributed by atoms with Crippen LogP contribution in [-0.2, 0) is 22.7 Å². The third kappa shape index (κ3) is 12.6. The zero-order chi connectivity index (χ0) is 24.4. The fraction of sp³-hybridized carbons (Fsp3) is 0.958. The molecule has 1 aliphatic heterocycles. The summed E-state index contributed by atoms with van der Waals surface area (Å²) in [5.41, 5.74) is 0. The summed E-state index contributed by atoms with van der Waals surface area (Å²) in [4.78, 5) is 12.0. The van der Waals surface area contributed by atoms with Gasteiger partial charge in [-0.2, -0.15) is 0 Å². The van der Waals surface area contributed by atoms with Crippen LogP contribution in [0.1, 0.15) is 77.6 Å². The van der Waals surface area contributed by atoms with Gasteiger partial charge in [-0.15, -0.1) is 0 Å². The van der Waals surface area contributed by atoms with E-state index >= 15 is 0 Å². The second-order valence-electron chi connectivity index (χ2n) is 9.76. The topological polar surface area (TPSA) is 86.5 Å². The molecule has 0 aromatic rings. The third-order valence-corrected chi connectivity index (χ3v) is 7.24. The molecular formula is C24H47Cl2MnN5O2. The van der Waals surface area contributed by atoms with Gasteiger partial charge in [-0.3, -0.25) is 4.79 Å². The van der Waals surface area contributed by atoms with Gasteiger partial charge in [-0.05, 0) is 32.1 Å². The van der Waals surface area contributed by atoms with Gasteiger partial charge in [0.2, 0.25) is 0 Å². The monoisotopic (exact) mass is 562 g/mol. The summed E-state index contributed by atoms with van der Waals surface area (Å²) in [6.45, 7) is 7.32. The number of esters is 1. The second kappa shape index (κ2) is 19.5. The Morgan fingerprint density at radius 2 is 1.24 bits per heavy atom. The van der Waals surface area contributed by atoms with Crippen molar-refractivity contribution in [1.82, 2.24) is 26.6 Å². The van der Waals surface area contributed by atoms with Crippen molar-refractivity contribution in [1.29, 1.82) is 0 Å². The predicted molar refractivity (Wildman–Crippen MR) is 138 cm³/mol. The fourth-order valence-electron chi connectivity index (χ4n) is 5.36. The van der Waals surface area contributed by atoms with Crippen LogP contribution in [-0.4, -0.2) is 75.5 Å². The van der Waals surface area contributed by atoms with Crippen molar-refractivity contribution in [3.8, 4) is 0 Å². The maximum atomic E-state index is 12.0. The quantitative estimate of drug-likeness (QED) is 0.260. The fourth-order valence-corrected chi connectivity index (χ4v) is 5.36. The molecule has 0 amide bonds. The third-order valence-electron chi connectivity index (χ3n) is 7.24. The Kier molecular flexibility index (Phi) is 17.5. The molecule has 1 saturated heterocycles. The first-order valence-corrected chi connectivity index (χ1v) is 16.6. The Balaban J connectivity index is 0.00000129. The van der Waals surface area contributed by atoms with E-state index in [4.69, 9.17) is 24.9 Å². The molecule has 0 unspecified atom stereocenters. The van der Waals surface area contributed by atoms with E-state index in [1.165, 1.54) is 51.4 Å². The molecule has 201 valence electrons. The number of fused-ring (bicyclic) bond motifs is 2. The van der Waals surface area contributed by atoms with Crippen LogP contribution in [0.2, 0.25) is 0 Å². The van der Waals surface area contributed by atoms with Crippen LogP contribution >= 0.6 is 20.2 Å². The van der Waals surface area contributed by atoms with Gasteiger partial charge in [0.05, 0.1) is 6.04 Å². The van der Waals surface area contributed by atoms with Gasteiger partial charge in [0.1, 0.15) is 6.61 Å². The molecule has 0 aromatic heterocycles. The predicted octanol–water partition coefficient (Wildman–Crippen LogP) is 3.05. The molecule has 0 aromatic carbocycles. The van der Waals surface area contributed by atoms with Gasteiger partial charge in [0.25, 0.3) is 0 Å². The SMILES string of the molecule is CCCCC(=O)OC[C@@H]1CN[C@@H]2CCCC[C@H]2NCCN[C@@H]2CCCC[C@H]2NCCN1.[Cl][Mn][Cl].